The van der Waals surface area contributed by atoms with Crippen LogP contribution in [0.25, 0.3) is 21.9 Å². The van der Waals surface area contributed by atoms with Crippen molar-refractivity contribution < 1.29 is 19.4 Å². The highest BCUT2D eigenvalue weighted by Gasteiger charge is 2.30. The van der Waals surface area contributed by atoms with Crippen molar-refractivity contribution in [1.29, 1.82) is 0 Å². The Morgan fingerprint density at radius 1 is 0.897 bits per heavy atom. The molecule has 0 saturated heterocycles. The quantitative estimate of drug-likeness (QED) is 0.444. The molecule has 4 nitrogen and oxygen atoms in total. The lowest BCUT2D eigenvalue weighted by atomic mass is 9.80. The lowest BCUT2D eigenvalue weighted by Crippen LogP contribution is -2.29. The molecule has 1 saturated carbocycles. The molecule has 0 amide bonds. The summed E-state index contributed by atoms with van der Waals surface area (Å²) >= 11 is 0. The van der Waals surface area contributed by atoms with Crippen LogP contribution in [0.5, 0.6) is 5.75 Å². The highest BCUT2D eigenvalue weighted by molar-refractivity contribution is 6.06. The predicted octanol–water partition coefficient (Wildman–Crippen LogP) is 5.94. The minimum Gasteiger partial charge on any atom is -0.478 e. The number of benzene rings is 3. The van der Waals surface area contributed by atoms with Crippen molar-refractivity contribution >= 4 is 22.7 Å². The van der Waals surface area contributed by atoms with E-state index in [2.05, 4.69) is 6.92 Å². The molecule has 1 aliphatic carbocycles. The van der Waals surface area contributed by atoms with E-state index in [1.807, 2.05) is 36.4 Å². The molecule has 0 heterocycles. The standard InChI is InChI=1S/C25H24O4/c1-16-8-2-3-11-18(16)25(28)29-22-15-7-10-17-9-6-14-20(23(17)22)19-12-4-5-13-21(19)24(26)27/h4-7,9-10,12-16,18H,2-3,8,11H2,1H3,(H,26,27). The van der Waals surface area contributed by atoms with E-state index in [-0.39, 0.29) is 17.5 Å². The lowest BCUT2D eigenvalue weighted by molar-refractivity contribution is -0.141. The molecule has 3 aromatic rings. The van der Waals surface area contributed by atoms with E-state index in [0.29, 0.717) is 17.2 Å². The minimum absolute atomic E-state index is 0.0857. The number of hydrogen-bond donors (Lipinski definition) is 1. The molecule has 2 atom stereocenters. The fourth-order valence-electron chi connectivity index (χ4n) is 4.37. The molecule has 1 aliphatic rings. The summed E-state index contributed by atoms with van der Waals surface area (Å²) in [5, 5.41) is 11.3. The van der Waals surface area contributed by atoms with Gasteiger partial charge in [-0.3, -0.25) is 4.79 Å². The van der Waals surface area contributed by atoms with Crippen molar-refractivity contribution in [2.24, 2.45) is 11.8 Å². The Bertz CT molecular complexity index is 1060. The highest BCUT2D eigenvalue weighted by atomic mass is 16.5. The molecule has 1 fully saturated rings. The van der Waals surface area contributed by atoms with Gasteiger partial charge in [0.05, 0.1) is 11.5 Å². The average Bonchev–Trinajstić information content (AvgIpc) is 2.73. The summed E-state index contributed by atoms with van der Waals surface area (Å²) in [6.07, 6.45) is 4.12. The molecule has 1 N–H and O–H groups in total. The van der Waals surface area contributed by atoms with Gasteiger partial charge in [-0.25, -0.2) is 4.79 Å². The van der Waals surface area contributed by atoms with Gasteiger partial charge in [-0.15, -0.1) is 0 Å². The molecule has 148 valence electrons. The highest BCUT2D eigenvalue weighted by Crippen LogP contribution is 2.38. The van der Waals surface area contributed by atoms with Gasteiger partial charge in [-0.1, -0.05) is 68.3 Å². The van der Waals surface area contributed by atoms with E-state index in [1.165, 1.54) is 0 Å². The lowest BCUT2D eigenvalue weighted by Gasteiger charge is -2.27. The Balaban J connectivity index is 1.81. The second kappa shape index (κ2) is 8.08. The monoisotopic (exact) mass is 388 g/mol. The molecule has 4 rings (SSSR count). The first kappa shape index (κ1) is 19.2. The SMILES string of the molecule is CC1CCCCC1C(=O)Oc1cccc2cccc(-c3ccccc3C(=O)O)c12. The fourth-order valence-corrected chi connectivity index (χ4v) is 4.37. The smallest absolute Gasteiger partial charge is 0.336 e. The summed E-state index contributed by atoms with van der Waals surface area (Å²) in [7, 11) is 0. The van der Waals surface area contributed by atoms with E-state index in [9.17, 15) is 14.7 Å². The van der Waals surface area contributed by atoms with E-state index in [4.69, 9.17) is 4.74 Å². The van der Waals surface area contributed by atoms with Crippen LogP contribution in [0.15, 0.2) is 60.7 Å². The fraction of sp³-hybridized carbons (Fsp3) is 0.280. The van der Waals surface area contributed by atoms with Crippen LogP contribution in [0.3, 0.4) is 0 Å². The molecule has 0 spiro atoms. The maximum absolute atomic E-state index is 12.9. The van der Waals surface area contributed by atoms with Crippen molar-refractivity contribution in [2.75, 3.05) is 0 Å². The second-order valence-electron chi connectivity index (χ2n) is 7.80. The zero-order valence-corrected chi connectivity index (χ0v) is 16.4. The Labute approximate surface area is 170 Å². The summed E-state index contributed by atoms with van der Waals surface area (Å²) in [5.74, 6) is -0.453. The number of fused-ring (bicyclic) bond motifs is 1. The van der Waals surface area contributed by atoms with Crippen LogP contribution in [-0.4, -0.2) is 17.0 Å². The van der Waals surface area contributed by atoms with Gasteiger partial charge in [0, 0.05) is 5.39 Å². The molecule has 29 heavy (non-hydrogen) atoms. The Morgan fingerprint density at radius 2 is 1.59 bits per heavy atom. The number of carboxylic acids is 1. The third kappa shape index (κ3) is 3.75. The second-order valence-corrected chi connectivity index (χ2v) is 7.80. The molecule has 0 radical (unpaired) electrons. The Kier molecular flexibility index (Phi) is 5.34. The number of ether oxygens (including phenoxy) is 1. The number of rotatable bonds is 4. The molecule has 3 aromatic carbocycles. The number of carbonyl (C=O) groups excluding carboxylic acids is 1. The van der Waals surface area contributed by atoms with Crippen molar-refractivity contribution in [1.82, 2.24) is 0 Å². The van der Waals surface area contributed by atoms with Crippen molar-refractivity contribution in [3.8, 4) is 16.9 Å². The largest absolute Gasteiger partial charge is 0.478 e. The average molecular weight is 388 g/mol. The van der Waals surface area contributed by atoms with Crippen molar-refractivity contribution in [2.45, 2.75) is 32.6 Å². The Hall–Kier alpha value is -3.14. The van der Waals surface area contributed by atoms with Crippen LogP contribution in [0.2, 0.25) is 0 Å². The molecule has 4 heteroatoms. The Morgan fingerprint density at radius 3 is 2.34 bits per heavy atom. The van der Waals surface area contributed by atoms with Gasteiger partial charge >= 0.3 is 11.9 Å². The normalized spacial score (nSPS) is 19.1. The van der Waals surface area contributed by atoms with Gasteiger partial charge in [0.25, 0.3) is 0 Å². The number of aromatic carboxylic acids is 1. The topological polar surface area (TPSA) is 63.6 Å². The molecule has 0 aromatic heterocycles. The van der Waals surface area contributed by atoms with Gasteiger partial charge in [0.15, 0.2) is 0 Å². The van der Waals surface area contributed by atoms with Gasteiger partial charge < -0.3 is 9.84 Å². The predicted molar refractivity (Wildman–Crippen MR) is 113 cm³/mol. The van der Waals surface area contributed by atoms with E-state index in [0.717, 1.165) is 42.0 Å². The van der Waals surface area contributed by atoms with Gasteiger partial charge in [-0.2, -0.15) is 0 Å². The molecule has 2 unspecified atom stereocenters. The molecular formula is C25H24O4. The summed E-state index contributed by atoms with van der Waals surface area (Å²) in [6.45, 7) is 2.11. The minimum atomic E-state index is -0.983. The van der Waals surface area contributed by atoms with Crippen LogP contribution in [0, 0.1) is 11.8 Å². The maximum Gasteiger partial charge on any atom is 0.336 e. The summed E-state index contributed by atoms with van der Waals surface area (Å²) < 4.78 is 5.91. The first-order chi connectivity index (χ1) is 14.1. The molecule has 0 bridgehead atoms. The zero-order chi connectivity index (χ0) is 20.4. The van der Waals surface area contributed by atoms with Gasteiger partial charge in [0.1, 0.15) is 5.75 Å². The van der Waals surface area contributed by atoms with E-state index < -0.39 is 5.97 Å². The zero-order valence-electron chi connectivity index (χ0n) is 16.4. The number of hydrogen-bond acceptors (Lipinski definition) is 3. The maximum atomic E-state index is 12.9. The van der Waals surface area contributed by atoms with Crippen LogP contribution < -0.4 is 4.74 Å². The van der Waals surface area contributed by atoms with Crippen LogP contribution in [0.1, 0.15) is 43.0 Å². The summed E-state index contributed by atoms with van der Waals surface area (Å²) in [5.41, 5.74) is 1.59. The van der Waals surface area contributed by atoms with Crippen molar-refractivity contribution in [3.63, 3.8) is 0 Å². The number of carboxylic acid groups (broad SMARTS) is 1. The third-order valence-corrected chi connectivity index (χ3v) is 5.94. The summed E-state index contributed by atoms with van der Waals surface area (Å²) in [6, 6.07) is 18.2. The van der Waals surface area contributed by atoms with Gasteiger partial charge in [0.2, 0.25) is 0 Å². The first-order valence-electron chi connectivity index (χ1n) is 10.1. The van der Waals surface area contributed by atoms with Crippen LogP contribution in [0.4, 0.5) is 0 Å². The van der Waals surface area contributed by atoms with E-state index >= 15 is 0 Å². The third-order valence-electron chi connectivity index (χ3n) is 5.94. The summed E-state index contributed by atoms with van der Waals surface area (Å²) in [4.78, 5) is 24.7. The number of esters is 1. The number of carbonyl (C=O) groups is 2. The molecule has 0 aliphatic heterocycles. The van der Waals surface area contributed by atoms with Crippen molar-refractivity contribution in [3.05, 3.63) is 66.2 Å². The van der Waals surface area contributed by atoms with E-state index in [1.54, 1.807) is 24.3 Å². The van der Waals surface area contributed by atoms with Crippen LogP contribution >= 0.6 is 0 Å². The van der Waals surface area contributed by atoms with Crippen LogP contribution in [-0.2, 0) is 4.79 Å². The van der Waals surface area contributed by atoms with Gasteiger partial charge in [-0.05, 0) is 47.4 Å². The first-order valence-corrected chi connectivity index (χ1v) is 10.1. The molecular weight excluding hydrogens is 364 g/mol.